The normalized spacial score (nSPS) is 11.5. The zero-order chi connectivity index (χ0) is 12.3. The van der Waals surface area contributed by atoms with Crippen molar-refractivity contribution < 1.29 is 4.74 Å². The Morgan fingerprint density at radius 1 is 1.35 bits per heavy atom. The molecule has 2 aromatic rings. The van der Waals surface area contributed by atoms with Crippen LogP contribution in [-0.2, 0) is 11.5 Å². The van der Waals surface area contributed by atoms with Gasteiger partial charge in [0, 0.05) is 27.0 Å². The fourth-order valence-corrected chi connectivity index (χ4v) is 2.35. The van der Waals surface area contributed by atoms with Crippen molar-refractivity contribution in [3.05, 3.63) is 24.3 Å². The quantitative estimate of drug-likeness (QED) is 0.602. The molecule has 0 fully saturated rings. The molecule has 0 aromatic carbocycles. The molecule has 0 radical (unpaired) electrons. The smallest absolute Gasteiger partial charge is 0.145 e. The van der Waals surface area contributed by atoms with Crippen LogP contribution in [0.2, 0.25) is 19.1 Å². The standard InChI is InChI=1S/C12H19N3OSi/c1-10-11-4-5-15(12(11)14-8-13-10)9-16-6-7-17(2)3/h4-5,8,17H,6-7,9H2,1-3H3. The van der Waals surface area contributed by atoms with Crippen molar-refractivity contribution in [1.82, 2.24) is 14.5 Å². The van der Waals surface area contributed by atoms with Crippen LogP contribution < -0.4 is 0 Å². The van der Waals surface area contributed by atoms with Crippen LogP contribution in [0, 0.1) is 6.92 Å². The zero-order valence-corrected chi connectivity index (χ0v) is 11.8. The van der Waals surface area contributed by atoms with E-state index in [0.29, 0.717) is 6.73 Å². The monoisotopic (exact) mass is 249 g/mol. The number of aryl methyl sites for hydroxylation is 1. The van der Waals surface area contributed by atoms with E-state index in [1.54, 1.807) is 6.33 Å². The second-order valence-corrected chi connectivity index (χ2v) is 8.07. The van der Waals surface area contributed by atoms with Gasteiger partial charge in [-0.3, -0.25) is 0 Å². The fraction of sp³-hybridized carbons (Fsp3) is 0.500. The first-order valence-electron chi connectivity index (χ1n) is 6.02. The van der Waals surface area contributed by atoms with Gasteiger partial charge in [0.25, 0.3) is 0 Å². The number of nitrogens with zero attached hydrogens (tertiary/aromatic N) is 3. The molecular formula is C12H19N3OSi. The highest BCUT2D eigenvalue weighted by Gasteiger charge is 2.05. The van der Waals surface area contributed by atoms with Gasteiger partial charge < -0.3 is 9.30 Å². The predicted molar refractivity (Wildman–Crippen MR) is 71.9 cm³/mol. The third-order valence-electron chi connectivity index (χ3n) is 2.83. The van der Waals surface area contributed by atoms with Crippen LogP contribution in [0.4, 0.5) is 0 Å². The van der Waals surface area contributed by atoms with Gasteiger partial charge in [-0.05, 0) is 19.0 Å². The van der Waals surface area contributed by atoms with E-state index in [1.807, 2.05) is 23.8 Å². The molecule has 0 saturated carbocycles. The van der Waals surface area contributed by atoms with Gasteiger partial charge in [0.05, 0.1) is 5.69 Å². The van der Waals surface area contributed by atoms with E-state index in [2.05, 4.69) is 23.1 Å². The Labute approximate surface area is 103 Å². The summed E-state index contributed by atoms with van der Waals surface area (Å²) in [6, 6.07) is 3.28. The molecule has 4 nitrogen and oxygen atoms in total. The molecule has 2 rings (SSSR count). The number of rotatable bonds is 5. The van der Waals surface area contributed by atoms with E-state index in [9.17, 15) is 0 Å². The topological polar surface area (TPSA) is 39.9 Å². The van der Waals surface area contributed by atoms with Crippen molar-refractivity contribution in [2.24, 2.45) is 0 Å². The minimum atomic E-state index is -0.498. The van der Waals surface area contributed by atoms with Gasteiger partial charge in [-0.15, -0.1) is 0 Å². The Bertz CT molecular complexity index is 495. The van der Waals surface area contributed by atoms with Crippen molar-refractivity contribution >= 4 is 19.8 Å². The molecule has 17 heavy (non-hydrogen) atoms. The van der Waals surface area contributed by atoms with Gasteiger partial charge in [-0.1, -0.05) is 13.1 Å². The number of hydrogen-bond donors (Lipinski definition) is 0. The van der Waals surface area contributed by atoms with Crippen LogP contribution in [0.15, 0.2) is 18.6 Å². The van der Waals surface area contributed by atoms with E-state index in [-0.39, 0.29) is 0 Å². The number of fused-ring (bicyclic) bond motifs is 1. The van der Waals surface area contributed by atoms with Crippen LogP contribution in [0.1, 0.15) is 5.69 Å². The van der Waals surface area contributed by atoms with Gasteiger partial charge in [-0.25, -0.2) is 9.97 Å². The van der Waals surface area contributed by atoms with E-state index in [4.69, 9.17) is 4.74 Å². The summed E-state index contributed by atoms with van der Waals surface area (Å²) in [5.41, 5.74) is 1.97. The third-order valence-corrected chi connectivity index (χ3v) is 4.22. The lowest BCUT2D eigenvalue weighted by molar-refractivity contribution is 0.0902. The molecule has 0 amide bonds. The highest BCUT2D eigenvalue weighted by molar-refractivity contribution is 6.55. The van der Waals surface area contributed by atoms with E-state index < -0.39 is 8.80 Å². The maximum atomic E-state index is 5.67. The van der Waals surface area contributed by atoms with Crippen LogP contribution in [0.25, 0.3) is 11.0 Å². The summed E-state index contributed by atoms with van der Waals surface area (Å²) in [5.74, 6) is 0. The third kappa shape index (κ3) is 2.92. The Balaban J connectivity index is 2.02. The van der Waals surface area contributed by atoms with Gasteiger partial charge in [0.1, 0.15) is 18.7 Å². The van der Waals surface area contributed by atoms with Crippen LogP contribution >= 0.6 is 0 Å². The Hall–Kier alpha value is -1.20. The van der Waals surface area contributed by atoms with Gasteiger partial charge in [0.2, 0.25) is 0 Å². The van der Waals surface area contributed by atoms with Crippen molar-refractivity contribution in [2.75, 3.05) is 6.61 Å². The summed E-state index contributed by atoms with van der Waals surface area (Å²) in [4.78, 5) is 8.48. The highest BCUT2D eigenvalue weighted by Crippen LogP contribution is 2.15. The van der Waals surface area contributed by atoms with E-state index >= 15 is 0 Å². The predicted octanol–water partition coefficient (Wildman–Crippen LogP) is 2.20. The molecule has 5 heteroatoms. The second kappa shape index (κ2) is 5.42. The van der Waals surface area contributed by atoms with Crippen molar-refractivity contribution in [1.29, 1.82) is 0 Å². The lowest BCUT2D eigenvalue weighted by Crippen LogP contribution is -2.08. The summed E-state index contributed by atoms with van der Waals surface area (Å²) in [6.45, 7) is 8.12. The molecule has 2 heterocycles. The van der Waals surface area contributed by atoms with Gasteiger partial charge in [0.15, 0.2) is 0 Å². The first-order chi connectivity index (χ1) is 8.18. The molecule has 0 atom stereocenters. The SMILES string of the molecule is Cc1ncnc2c1ccn2COCC[SiH](C)C. The molecular weight excluding hydrogens is 230 g/mol. The summed E-state index contributed by atoms with van der Waals surface area (Å²) in [6.07, 6.45) is 3.62. The molecule has 0 unspecified atom stereocenters. The summed E-state index contributed by atoms with van der Waals surface area (Å²) >= 11 is 0. The largest absolute Gasteiger partial charge is 0.361 e. The van der Waals surface area contributed by atoms with Gasteiger partial charge in [-0.2, -0.15) is 0 Å². The van der Waals surface area contributed by atoms with E-state index in [0.717, 1.165) is 23.3 Å². The summed E-state index contributed by atoms with van der Waals surface area (Å²) < 4.78 is 7.71. The van der Waals surface area contributed by atoms with Crippen LogP contribution in [0.5, 0.6) is 0 Å². The van der Waals surface area contributed by atoms with E-state index in [1.165, 1.54) is 6.04 Å². The molecule has 0 saturated heterocycles. The molecule has 0 aliphatic rings. The van der Waals surface area contributed by atoms with Crippen LogP contribution in [0.3, 0.4) is 0 Å². The van der Waals surface area contributed by atoms with Gasteiger partial charge >= 0.3 is 0 Å². The Kier molecular flexibility index (Phi) is 3.91. The zero-order valence-electron chi connectivity index (χ0n) is 10.7. The average molecular weight is 249 g/mol. The molecule has 92 valence electrons. The molecule has 0 spiro atoms. The maximum absolute atomic E-state index is 5.67. The Morgan fingerprint density at radius 3 is 2.94 bits per heavy atom. The van der Waals surface area contributed by atoms with Crippen molar-refractivity contribution in [2.45, 2.75) is 32.8 Å². The van der Waals surface area contributed by atoms with Crippen molar-refractivity contribution in [3.63, 3.8) is 0 Å². The minimum absolute atomic E-state index is 0.498. The molecule has 0 aliphatic carbocycles. The molecule has 2 aromatic heterocycles. The average Bonchev–Trinajstić information content (AvgIpc) is 2.69. The number of hydrogen-bond acceptors (Lipinski definition) is 3. The molecule has 0 aliphatic heterocycles. The first kappa shape index (κ1) is 12.3. The molecule has 0 bridgehead atoms. The first-order valence-corrected chi connectivity index (χ1v) is 9.15. The summed E-state index contributed by atoms with van der Waals surface area (Å²) in [5, 5.41) is 1.11. The fourth-order valence-electron chi connectivity index (χ4n) is 1.72. The second-order valence-electron chi connectivity index (χ2n) is 4.70. The summed E-state index contributed by atoms with van der Waals surface area (Å²) in [7, 11) is -0.498. The highest BCUT2D eigenvalue weighted by atomic mass is 28.3. The molecule has 0 N–H and O–H groups in total. The lowest BCUT2D eigenvalue weighted by atomic mass is 10.3. The van der Waals surface area contributed by atoms with Crippen molar-refractivity contribution in [3.8, 4) is 0 Å². The minimum Gasteiger partial charge on any atom is -0.361 e. The maximum Gasteiger partial charge on any atom is 0.145 e. The number of aromatic nitrogens is 3. The lowest BCUT2D eigenvalue weighted by Gasteiger charge is -2.07. The number of ether oxygens (including phenoxy) is 1. The Morgan fingerprint density at radius 2 is 2.18 bits per heavy atom. The van der Waals surface area contributed by atoms with Crippen LogP contribution in [-0.4, -0.2) is 29.9 Å².